The molecule has 4 nitrogen and oxygen atoms in total. The summed E-state index contributed by atoms with van der Waals surface area (Å²) >= 11 is 1.80. The van der Waals surface area contributed by atoms with E-state index in [2.05, 4.69) is 157 Å². The third kappa shape index (κ3) is 4.43. The van der Waals surface area contributed by atoms with Crippen LogP contribution in [-0.4, -0.2) is 23.3 Å². The molecular formula is C39H32N4S. The summed E-state index contributed by atoms with van der Waals surface area (Å²) in [7, 11) is 2.15. The third-order valence-corrected chi connectivity index (χ3v) is 9.67. The second kappa shape index (κ2) is 10.6. The Hall–Kier alpha value is -5.00. The highest BCUT2D eigenvalue weighted by atomic mass is 32.2. The number of pyridine rings is 1. The summed E-state index contributed by atoms with van der Waals surface area (Å²) in [5, 5.41) is 2.46. The maximum Gasteiger partial charge on any atom is 0.138 e. The Labute approximate surface area is 262 Å². The Morgan fingerprint density at radius 1 is 0.636 bits per heavy atom. The van der Waals surface area contributed by atoms with Crippen LogP contribution in [0.5, 0.6) is 0 Å². The molecule has 5 aromatic carbocycles. The number of aryl methyl sites for hydroxylation is 2. The first-order valence-corrected chi connectivity index (χ1v) is 15.8. The number of nitrogens with zero attached hydrogens (tertiary/aromatic N) is 4. The van der Waals surface area contributed by atoms with Gasteiger partial charge in [0.05, 0.1) is 29.1 Å². The molecule has 0 bridgehead atoms. The van der Waals surface area contributed by atoms with Crippen LogP contribution in [0.4, 0.5) is 17.1 Å². The van der Waals surface area contributed by atoms with Gasteiger partial charge < -0.3 is 9.80 Å². The van der Waals surface area contributed by atoms with Gasteiger partial charge in [-0.15, -0.1) is 0 Å². The van der Waals surface area contributed by atoms with Crippen LogP contribution in [0.15, 0.2) is 137 Å². The number of rotatable bonds is 5. The standard InChI is InChI=1S/C39H32N4S/c1-26-10-8-11-27(2)39(26)28-20-21-40-38(22-28)43-34-15-5-4-14-32(34)33-19-18-31(24-37(33)43)44-30-13-9-12-29(23-30)42-25-41(3)35-16-6-7-17-36(35)42/h4-24H,25H2,1-3H3. The van der Waals surface area contributed by atoms with Gasteiger partial charge >= 0.3 is 0 Å². The summed E-state index contributed by atoms with van der Waals surface area (Å²) in [6, 6.07) is 43.8. The van der Waals surface area contributed by atoms with Gasteiger partial charge in [0.25, 0.3) is 0 Å². The lowest BCUT2D eigenvalue weighted by Gasteiger charge is -2.20. The fourth-order valence-corrected chi connectivity index (χ4v) is 7.58. The van der Waals surface area contributed by atoms with Crippen molar-refractivity contribution in [2.75, 3.05) is 23.5 Å². The van der Waals surface area contributed by atoms with Gasteiger partial charge in [0.15, 0.2) is 0 Å². The molecule has 44 heavy (non-hydrogen) atoms. The van der Waals surface area contributed by atoms with E-state index < -0.39 is 0 Å². The first kappa shape index (κ1) is 26.6. The van der Waals surface area contributed by atoms with Gasteiger partial charge in [-0.1, -0.05) is 72.4 Å². The molecule has 0 atom stereocenters. The second-order valence-electron chi connectivity index (χ2n) is 11.6. The molecule has 0 unspecified atom stereocenters. The summed E-state index contributed by atoms with van der Waals surface area (Å²) < 4.78 is 2.32. The number of hydrogen-bond donors (Lipinski definition) is 0. The molecule has 0 N–H and O–H groups in total. The van der Waals surface area contributed by atoms with Crippen LogP contribution < -0.4 is 9.80 Å². The summed E-state index contributed by atoms with van der Waals surface area (Å²) in [5.41, 5.74) is 11.0. The maximum atomic E-state index is 4.91. The van der Waals surface area contributed by atoms with Crippen molar-refractivity contribution in [2.45, 2.75) is 23.6 Å². The predicted octanol–water partition coefficient (Wildman–Crippen LogP) is 10.2. The smallest absolute Gasteiger partial charge is 0.138 e. The molecule has 0 radical (unpaired) electrons. The SMILES string of the molecule is Cc1cccc(C)c1-c1ccnc(-n2c3ccccc3c3ccc(Sc4cccc(N5CN(C)c6ccccc65)c4)cc32)c1. The van der Waals surface area contributed by atoms with E-state index in [1.807, 2.05) is 6.20 Å². The van der Waals surface area contributed by atoms with Gasteiger partial charge in [-0.2, -0.15) is 0 Å². The van der Waals surface area contributed by atoms with Gasteiger partial charge in [-0.05, 0) is 96.8 Å². The third-order valence-electron chi connectivity index (χ3n) is 8.69. The van der Waals surface area contributed by atoms with Crippen molar-refractivity contribution in [1.82, 2.24) is 9.55 Å². The van der Waals surface area contributed by atoms with Crippen molar-refractivity contribution in [3.63, 3.8) is 0 Å². The molecule has 1 aliphatic rings. The number of fused-ring (bicyclic) bond motifs is 4. The van der Waals surface area contributed by atoms with E-state index in [1.165, 1.54) is 59.9 Å². The van der Waals surface area contributed by atoms with Crippen LogP contribution in [0.1, 0.15) is 11.1 Å². The highest BCUT2D eigenvalue weighted by molar-refractivity contribution is 7.99. The van der Waals surface area contributed by atoms with Crippen molar-refractivity contribution in [2.24, 2.45) is 0 Å². The van der Waals surface area contributed by atoms with Gasteiger partial charge in [0, 0.05) is 39.5 Å². The molecule has 0 amide bonds. The van der Waals surface area contributed by atoms with E-state index in [1.54, 1.807) is 11.8 Å². The molecule has 0 fully saturated rings. The van der Waals surface area contributed by atoms with Crippen LogP contribution in [-0.2, 0) is 0 Å². The molecule has 214 valence electrons. The Balaban J connectivity index is 1.21. The van der Waals surface area contributed by atoms with Gasteiger partial charge in [0.1, 0.15) is 5.82 Å². The molecule has 5 heteroatoms. The number of aromatic nitrogens is 2. The fourth-order valence-electron chi connectivity index (χ4n) is 6.68. The summed E-state index contributed by atoms with van der Waals surface area (Å²) in [6.07, 6.45) is 1.94. The summed E-state index contributed by atoms with van der Waals surface area (Å²) in [4.78, 5) is 12.0. The maximum absolute atomic E-state index is 4.91. The Morgan fingerprint density at radius 2 is 1.36 bits per heavy atom. The zero-order valence-corrected chi connectivity index (χ0v) is 25.8. The van der Waals surface area contributed by atoms with Crippen LogP contribution >= 0.6 is 11.8 Å². The molecule has 1 aliphatic heterocycles. The normalized spacial score (nSPS) is 12.8. The van der Waals surface area contributed by atoms with Crippen LogP contribution in [0.3, 0.4) is 0 Å². The predicted molar refractivity (Wildman–Crippen MR) is 186 cm³/mol. The summed E-state index contributed by atoms with van der Waals surface area (Å²) in [5.74, 6) is 0.928. The minimum absolute atomic E-state index is 0.841. The van der Waals surface area contributed by atoms with Crippen LogP contribution in [0.2, 0.25) is 0 Å². The van der Waals surface area contributed by atoms with E-state index in [-0.39, 0.29) is 0 Å². The average molecular weight is 589 g/mol. The molecule has 2 aromatic heterocycles. The van der Waals surface area contributed by atoms with Crippen molar-refractivity contribution >= 4 is 50.6 Å². The quantitative estimate of drug-likeness (QED) is 0.200. The van der Waals surface area contributed by atoms with E-state index in [9.17, 15) is 0 Å². The number of benzene rings is 5. The van der Waals surface area contributed by atoms with Gasteiger partial charge in [-0.25, -0.2) is 4.98 Å². The highest BCUT2D eigenvalue weighted by Gasteiger charge is 2.24. The molecule has 7 aromatic rings. The molecule has 0 saturated heterocycles. The minimum Gasteiger partial charge on any atom is -0.355 e. The molecule has 0 spiro atoms. The second-order valence-corrected chi connectivity index (χ2v) is 12.7. The van der Waals surface area contributed by atoms with Crippen LogP contribution in [0.25, 0.3) is 38.8 Å². The lowest BCUT2D eigenvalue weighted by atomic mass is 9.96. The average Bonchev–Trinajstić information content (AvgIpc) is 3.56. The Kier molecular flexibility index (Phi) is 6.42. The Morgan fingerprint density at radius 3 is 2.23 bits per heavy atom. The minimum atomic E-state index is 0.841. The fraction of sp³-hybridized carbons (Fsp3) is 0.103. The molecule has 3 heterocycles. The van der Waals surface area contributed by atoms with Gasteiger partial charge in [-0.3, -0.25) is 4.57 Å². The zero-order valence-electron chi connectivity index (χ0n) is 25.0. The molecule has 0 saturated carbocycles. The molecule has 0 aliphatic carbocycles. The van der Waals surface area contributed by atoms with E-state index in [0.29, 0.717) is 0 Å². The zero-order chi connectivity index (χ0) is 29.8. The van der Waals surface area contributed by atoms with Crippen molar-refractivity contribution < 1.29 is 0 Å². The summed E-state index contributed by atoms with van der Waals surface area (Å²) in [6.45, 7) is 5.21. The van der Waals surface area contributed by atoms with E-state index in [4.69, 9.17) is 4.98 Å². The monoisotopic (exact) mass is 588 g/mol. The van der Waals surface area contributed by atoms with E-state index in [0.717, 1.165) is 23.5 Å². The first-order chi connectivity index (χ1) is 21.5. The van der Waals surface area contributed by atoms with Gasteiger partial charge in [0.2, 0.25) is 0 Å². The largest absolute Gasteiger partial charge is 0.355 e. The Bertz CT molecular complexity index is 2180. The van der Waals surface area contributed by atoms with Crippen molar-refractivity contribution in [3.05, 3.63) is 139 Å². The number of hydrogen-bond acceptors (Lipinski definition) is 4. The molecule has 8 rings (SSSR count). The van der Waals surface area contributed by atoms with Crippen molar-refractivity contribution in [3.8, 4) is 16.9 Å². The molecular weight excluding hydrogens is 557 g/mol. The first-order valence-electron chi connectivity index (χ1n) is 15.0. The van der Waals surface area contributed by atoms with E-state index >= 15 is 0 Å². The van der Waals surface area contributed by atoms with Crippen molar-refractivity contribution in [1.29, 1.82) is 0 Å². The topological polar surface area (TPSA) is 24.3 Å². The number of para-hydroxylation sites is 3. The lowest BCUT2D eigenvalue weighted by Crippen LogP contribution is -2.23. The lowest BCUT2D eigenvalue weighted by molar-refractivity contribution is 0.948. The highest BCUT2D eigenvalue weighted by Crippen LogP contribution is 2.42. The number of anilines is 3. The van der Waals surface area contributed by atoms with Crippen LogP contribution in [0, 0.1) is 13.8 Å².